The molecule has 1 heterocycles. The molecule has 3 nitrogen and oxygen atoms in total. The number of pyridine rings is 1. The van der Waals surface area contributed by atoms with Crippen molar-refractivity contribution in [2.75, 3.05) is 5.32 Å². The van der Waals surface area contributed by atoms with Crippen LogP contribution in [0.2, 0.25) is 10.0 Å². The summed E-state index contributed by atoms with van der Waals surface area (Å²) in [6.45, 7) is 1.89. The van der Waals surface area contributed by atoms with E-state index >= 15 is 0 Å². The molecule has 0 atom stereocenters. The smallest absolute Gasteiger partial charge is 0.238 e. The van der Waals surface area contributed by atoms with Crippen LogP contribution in [-0.2, 0) is 0 Å². The summed E-state index contributed by atoms with van der Waals surface area (Å²) in [5, 5.41) is 16.7. The number of aromatic nitrogens is 1. The van der Waals surface area contributed by atoms with Gasteiger partial charge in [0.1, 0.15) is 5.82 Å². The minimum absolute atomic E-state index is 0.0803. The van der Waals surface area contributed by atoms with E-state index in [0.717, 1.165) is 5.56 Å². The predicted octanol–water partition coefficient (Wildman–Crippen LogP) is 4.85. The second kappa shape index (κ2) is 8.69. The van der Waals surface area contributed by atoms with E-state index in [0.29, 0.717) is 10.6 Å². The van der Waals surface area contributed by atoms with Crippen LogP contribution in [0.25, 0.3) is 11.5 Å². The maximum absolute atomic E-state index is 14.0. The van der Waals surface area contributed by atoms with Gasteiger partial charge in [0.25, 0.3) is 0 Å². The van der Waals surface area contributed by atoms with Gasteiger partial charge >= 0.3 is 0 Å². The predicted molar refractivity (Wildman–Crippen MR) is 114 cm³/mol. The number of hydrogen-bond acceptors (Lipinski definition) is 2. The van der Waals surface area contributed by atoms with Crippen molar-refractivity contribution < 1.29 is 14.1 Å². The molecule has 0 saturated heterocycles. The standard InChI is InChI=1S/C21H15Cl2FN2OS/c1-13-5-4-10-26(12-13)19(20(27)14-8-9-15(22)16(23)11-14)21(28)25-18-7-3-2-6-17(18)24/h2-12H,1H3,(H-,25,27,28). The van der Waals surface area contributed by atoms with Crippen molar-refractivity contribution in [2.24, 2.45) is 0 Å². The van der Waals surface area contributed by atoms with Crippen molar-refractivity contribution in [3.63, 3.8) is 0 Å². The molecule has 142 valence electrons. The average molecular weight is 433 g/mol. The van der Waals surface area contributed by atoms with Crippen LogP contribution in [0.15, 0.2) is 67.0 Å². The summed E-state index contributed by atoms with van der Waals surface area (Å²) < 4.78 is 15.7. The lowest BCUT2D eigenvalue weighted by Gasteiger charge is -2.17. The number of anilines is 1. The zero-order valence-electron chi connectivity index (χ0n) is 14.7. The molecule has 1 N–H and O–H groups in total. The molecule has 0 aliphatic rings. The number of hydrogen-bond donors (Lipinski definition) is 1. The van der Waals surface area contributed by atoms with E-state index in [1.807, 2.05) is 13.0 Å². The fourth-order valence-electron chi connectivity index (χ4n) is 2.59. The van der Waals surface area contributed by atoms with Crippen molar-refractivity contribution in [1.29, 1.82) is 0 Å². The Kier molecular flexibility index (Phi) is 6.29. The van der Waals surface area contributed by atoms with Crippen molar-refractivity contribution >= 4 is 57.6 Å². The van der Waals surface area contributed by atoms with Gasteiger partial charge in [-0.3, -0.25) is 0 Å². The molecular formula is C21H15Cl2FN2OS. The highest BCUT2D eigenvalue weighted by atomic mass is 35.5. The lowest BCUT2D eigenvalue weighted by molar-refractivity contribution is -0.578. The minimum atomic E-state index is -0.472. The number of rotatable bonds is 4. The molecule has 3 aromatic rings. The van der Waals surface area contributed by atoms with E-state index in [9.17, 15) is 9.50 Å². The van der Waals surface area contributed by atoms with E-state index in [-0.39, 0.29) is 27.2 Å². The molecule has 0 spiro atoms. The van der Waals surface area contributed by atoms with E-state index < -0.39 is 5.82 Å². The molecule has 0 fully saturated rings. The second-order valence-electron chi connectivity index (χ2n) is 6.03. The highest BCUT2D eigenvalue weighted by Gasteiger charge is 2.20. The van der Waals surface area contributed by atoms with E-state index in [1.54, 1.807) is 53.4 Å². The normalized spacial score (nSPS) is 11.7. The number of nitrogens with one attached hydrogen (secondary N) is 1. The number of thiocarbonyl (C=S) groups is 1. The van der Waals surface area contributed by atoms with Gasteiger partial charge in [-0.2, -0.15) is 4.57 Å². The van der Waals surface area contributed by atoms with Crippen LogP contribution in [0.5, 0.6) is 0 Å². The quantitative estimate of drug-likeness (QED) is 0.277. The third-order valence-corrected chi connectivity index (χ3v) is 4.98. The fourth-order valence-corrected chi connectivity index (χ4v) is 3.19. The van der Waals surface area contributed by atoms with Crippen molar-refractivity contribution in [2.45, 2.75) is 6.92 Å². The number of aryl methyl sites for hydroxylation is 1. The van der Waals surface area contributed by atoms with Crippen molar-refractivity contribution in [3.05, 3.63) is 94.0 Å². The summed E-state index contributed by atoms with van der Waals surface area (Å²) in [4.78, 5) is 0.0803. The summed E-state index contributed by atoms with van der Waals surface area (Å²) in [6, 6.07) is 14.4. The molecule has 0 bridgehead atoms. The Labute approximate surface area is 177 Å². The first kappa shape index (κ1) is 20.3. The van der Waals surface area contributed by atoms with Crippen LogP contribution in [0.4, 0.5) is 10.1 Å². The van der Waals surface area contributed by atoms with Gasteiger partial charge in [0.15, 0.2) is 17.4 Å². The van der Waals surface area contributed by atoms with Gasteiger partial charge in [-0.25, -0.2) is 4.39 Å². The Morgan fingerprint density at radius 3 is 2.50 bits per heavy atom. The van der Waals surface area contributed by atoms with Crippen molar-refractivity contribution in [3.8, 4) is 0 Å². The molecule has 0 radical (unpaired) electrons. The highest BCUT2D eigenvalue weighted by molar-refractivity contribution is 7.81. The molecule has 0 saturated carbocycles. The van der Waals surface area contributed by atoms with Crippen molar-refractivity contribution in [1.82, 2.24) is 0 Å². The molecule has 28 heavy (non-hydrogen) atoms. The lowest BCUT2D eigenvalue weighted by Crippen LogP contribution is -2.40. The molecule has 3 rings (SSSR count). The van der Waals surface area contributed by atoms with Crippen LogP contribution < -0.4 is 15.0 Å². The van der Waals surface area contributed by atoms with Crippen LogP contribution in [0.1, 0.15) is 11.1 Å². The van der Waals surface area contributed by atoms with Gasteiger partial charge in [-0.1, -0.05) is 53.6 Å². The Balaban J connectivity index is 2.13. The maximum Gasteiger partial charge on any atom is 0.238 e. The van der Waals surface area contributed by atoms with Crippen LogP contribution in [-0.4, -0.2) is 4.99 Å². The monoisotopic (exact) mass is 432 g/mol. The zero-order valence-corrected chi connectivity index (χ0v) is 17.1. The SMILES string of the molecule is Cc1ccc[n+](C(C(=S)Nc2ccccc2F)=C([O-])c2ccc(Cl)c(Cl)c2)c1. The first-order valence-corrected chi connectivity index (χ1v) is 9.44. The summed E-state index contributed by atoms with van der Waals surface area (Å²) in [7, 11) is 0. The van der Waals surface area contributed by atoms with Crippen LogP contribution in [0, 0.1) is 12.7 Å². The minimum Gasteiger partial charge on any atom is -0.867 e. The summed E-state index contributed by atoms with van der Waals surface area (Å²) in [5.74, 6) is -0.844. The zero-order chi connectivity index (χ0) is 20.3. The van der Waals surface area contributed by atoms with E-state index in [1.165, 1.54) is 12.1 Å². The molecular weight excluding hydrogens is 418 g/mol. The van der Waals surface area contributed by atoms with Gasteiger partial charge in [0, 0.05) is 11.6 Å². The first-order chi connectivity index (χ1) is 13.4. The molecule has 0 aliphatic heterocycles. The van der Waals surface area contributed by atoms with Gasteiger partial charge in [0.2, 0.25) is 5.70 Å². The van der Waals surface area contributed by atoms with Crippen LogP contribution >= 0.6 is 35.4 Å². The first-order valence-electron chi connectivity index (χ1n) is 8.27. The van der Waals surface area contributed by atoms with Gasteiger partial charge < -0.3 is 10.4 Å². The third-order valence-electron chi connectivity index (χ3n) is 3.94. The Morgan fingerprint density at radius 2 is 1.82 bits per heavy atom. The van der Waals surface area contributed by atoms with Gasteiger partial charge in [0.05, 0.1) is 15.7 Å². The van der Waals surface area contributed by atoms with E-state index in [2.05, 4.69) is 5.32 Å². The molecule has 1 aromatic heterocycles. The molecule has 0 amide bonds. The number of para-hydroxylation sites is 1. The Bertz CT molecular complexity index is 1090. The third kappa shape index (κ3) is 4.50. The second-order valence-corrected chi connectivity index (χ2v) is 7.25. The van der Waals surface area contributed by atoms with E-state index in [4.69, 9.17) is 35.4 Å². The average Bonchev–Trinajstić information content (AvgIpc) is 2.66. The molecule has 0 aliphatic carbocycles. The Hall–Kier alpha value is -2.47. The summed E-state index contributed by atoms with van der Waals surface area (Å²) in [6.07, 6.45) is 3.47. The largest absolute Gasteiger partial charge is 0.867 e. The summed E-state index contributed by atoms with van der Waals surface area (Å²) >= 11 is 17.5. The number of halogens is 3. The maximum atomic E-state index is 14.0. The van der Waals surface area contributed by atoms with Gasteiger partial charge in [-0.05, 0) is 48.6 Å². The fraction of sp³-hybridized carbons (Fsp3) is 0.0476. The Morgan fingerprint density at radius 1 is 1.07 bits per heavy atom. The summed E-state index contributed by atoms with van der Waals surface area (Å²) in [5.41, 5.74) is 1.59. The molecule has 0 unspecified atom stereocenters. The highest BCUT2D eigenvalue weighted by Crippen LogP contribution is 2.26. The van der Waals surface area contributed by atoms with Gasteiger partial charge in [-0.15, -0.1) is 0 Å². The number of nitrogens with zero attached hydrogens (tertiary/aromatic N) is 1. The molecule has 2 aromatic carbocycles. The number of benzene rings is 2. The lowest BCUT2D eigenvalue weighted by atomic mass is 10.1. The topological polar surface area (TPSA) is 39.0 Å². The molecule has 7 heteroatoms. The van der Waals surface area contributed by atoms with Crippen LogP contribution in [0.3, 0.4) is 0 Å².